The van der Waals surface area contributed by atoms with Gasteiger partial charge >= 0.3 is 0 Å². The summed E-state index contributed by atoms with van der Waals surface area (Å²) in [6, 6.07) is 0. The maximum atomic E-state index is 10.9. The highest BCUT2D eigenvalue weighted by atomic mass is 32.2. The minimum absolute atomic E-state index is 0.123. The topological polar surface area (TPSA) is 66.4 Å². The Morgan fingerprint density at radius 1 is 1.38 bits per heavy atom. The summed E-state index contributed by atoms with van der Waals surface area (Å²) in [6.07, 6.45) is 3.13. The molecule has 0 aromatic carbocycles. The molecular formula is C10H23NO3S2. The Kier molecular flexibility index (Phi) is 7.63. The normalized spacial score (nSPS) is 16.0. The van der Waals surface area contributed by atoms with Gasteiger partial charge in [-0.15, -0.1) is 0 Å². The molecule has 6 heteroatoms. The number of rotatable bonds is 9. The van der Waals surface area contributed by atoms with Crippen LogP contribution in [0, 0.1) is 0 Å². The van der Waals surface area contributed by atoms with Gasteiger partial charge in [0.2, 0.25) is 0 Å². The highest BCUT2D eigenvalue weighted by Gasteiger charge is 2.19. The predicted molar refractivity (Wildman–Crippen MR) is 70.8 cm³/mol. The SMILES string of the molecule is CNC(C)(CO)CCCSCCS(C)(=O)=O. The smallest absolute Gasteiger partial charge is 0.148 e. The number of aliphatic hydroxyl groups excluding tert-OH is 1. The molecule has 1 unspecified atom stereocenters. The molecule has 0 heterocycles. The van der Waals surface area contributed by atoms with E-state index in [0.29, 0.717) is 5.75 Å². The fourth-order valence-corrected chi connectivity index (χ4v) is 3.39. The average Bonchev–Trinajstić information content (AvgIpc) is 2.21. The molecule has 4 nitrogen and oxygen atoms in total. The van der Waals surface area contributed by atoms with Crippen molar-refractivity contribution in [3.05, 3.63) is 0 Å². The average molecular weight is 269 g/mol. The molecule has 0 aliphatic rings. The standard InChI is InChI=1S/C10H23NO3S2/c1-10(9-12,11-2)5-4-6-15-7-8-16(3,13)14/h11-12H,4-9H2,1-3H3. The zero-order valence-electron chi connectivity index (χ0n) is 10.3. The number of likely N-dealkylation sites (N-methyl/N-ethyl adjacent to an activating group) is 1. The summed E-state index contributed by atoms with van der Waals surface area (Å²) < 4.78 is 21.7. The second-order valence-corrected chi connectivity index (χ2v) is 7.80. The second kappa shape index (κ2) is 7.53. The Hall–Kier alpha value is 0.220. The van der Waals surface area contributed by atoms with E-state index in [2.05, 4.69) is 5.32 Å². The van der Waals surface area contributed by atoms with E-state index in [1.165, 1.54) is 6.26 Å². The van der Waals surface area contributed by atoms with Gasteiger partial charge in [0.05, 0.1) is 12.4 Å². The molecule has 98 valence electrons. The van der Waals surface area contributed by atoms with Crippen molar-refractivity contribution in [3.8, 4) is 0 Å². The highest BCUT2D eigenvalue weighted by Crippen LogP contribution is 2.14. The van der Waals surface area contributed by atoms with Crippen LogP contribution in [0.2, 0.25) is 0 Å². The zero-order valence-corrected chi connectivity index (χ0v) is 12.0. The largest absolute Gasteiger partial charge is 0.394 e. The van der Waals surface area contributed by atoms with Crippen molar-refractivity contribution >= 4 is 21.6 Å². The summed E-state index contributed by atoms with van der Waals surface area (Å²) in [5.74, 6) is 1.85. The molecular weight excluding hydrogens is 246 g/mol. The molecule has 0 amide bonds. The maximum absolute atomic E-state index is 10.9. The molecule has 16 heavy (non-hydrogen) atoms. The Balaban J connectivity index is 3.54. The van der Waals surface area contributed by atoms with Crippen LogP contribution >= 0.6 is 11.8 Å². The van der Waals surface area contributed by atoms with Crippen LogP contribution in [0.15, 0.2) is 0 Å². The van der Waals surface area contributed by atoms with E-state index in [1.807, 2.05) is 14.0 Å². The van der Waals surface area contributed by atoms with Gasteiger partial charge in [0.1, 0.15) is 9.84 Å². The van der Waals surface area contributed by atoms with E-state index in [-0.39, 0.29) is 17.9 Å². The minimum Gasteiger partial charge on any atom is -0.394 e. The van der Waals surface area contributed by atoms with Crippen molar-refractivity contribution in [2.24, 2.45) is 0 Å². The third-order valence-corrected chi connectivity index (χ3v) is 4.84. The highest BCUT2D eigenvalue weighted by molar-refractivity contribution is 8.00. The number of hydrogen-bond donors (Lipinski definition) is 2. The predicted octanol–water partition coefficient (Wildman–Crippen LogP) is 0.515. The second-order valence-electron chi connectivity index (χ2n) is 4.31. The van der Waals surface area contributed by atoms with E-state index in [0.717, 1.165) is 18.6 Å². The number of thioether (sulfide) groups is 1. The van der Waals surface area contributed by atoms with Crippen LogP contribution in [0.3, 0.4) is 0 Å². The Labute approximate surface area is 103 Å². The molecule has 0 aliphatic carbocycles. The molecule has 0 spiro atoms. The van der Waals surface area contributed by atoms with Gasteiger partial charge in [0, 0.05) is 17.5 Å². The summed E-state index contributed by atoms with van der Waals surface area (Å²) in [5.41, 5.74) is -0.211. The molecule has 0 fully saturated rings. The molecule has 0 aliphatic heterocycles. The zero-order chi connectivity index (χ0) is 12.7. The minimum atomic E-state index is -2.82. The summed E-state index contributed by atoms with van der Waals surface area (Å²) in [6.45, 7) is 2.10. The molecule has 0 rings (SSSR count). The van der Waals surface area contributed by atoms with Gasteiger partial charge in [-0.25, -0.2) is 8.42 Å². The Morgan fingerprint density at radius 3 is 2.44 bits per heavy atom. The first-order valence-electron chi connectivity index (χ1n) is 5.38. The van der Waals surface area contributed by atoms with Crippen LogP contribution in [0.1, 0.15) is 19.8 Å². The van der Waals surface area contributed by atoms with Gasteiger partial charge in [0.15, 0.2) is 0 Å². The van der Waals surface area contributed by atoms with Crippen LogP contribution in [-0.4, -0.2) is 56.2 Å². The van der Waals surface area contributed by atoms with E-state index in [4.69, 9.17) is 5.11 Å². The van der Waals surface area contributed by atoms with Crippen LogP contribution in [0.5, 0.6) is 0 Å². The molecule has 0 bridgehead atoms. The number of nitrogens with one attached hydrogen (secondary N) is 1. The molecule has 1 atom stereocenters. The van der Waals surface area contributed by atoms with Crippen molar-refractivity contribution < 1.29 is 13.5 Å². The quantitative estimate of drug-likeness (QED) is 0.597. The van der Waals surface area contributed by atoms with Gasteiger partial charge in [-0.05, 0) is 32.6 Å². The van der Waals surface area contributed by atoms with Crippen LogP contribution in [0.4, 0.5) is 0 Å². The maximum Gasteiger partial charge on any atom is 0.148 e. The lowest BCUT2D eigenvalue weighted by atomic mass is 9.98. The van der Waals surface area contributed by atoms with Crippen LogP contribution in [-0.2, 0) is 9.84 Å². The number of hydrogen-bond acceptors (Lipinski definition) is 5. The van der Waals surface area contributed by atoms with Crippen molar-refractivity contribution in [2.75, 3.05) is 37.2 Å². The van der Waals surface area contributed by atoms with Crippen molar-refractivity contribution in [1.29, 1.82) is 0 Å². The first-order valence-corrected chi connectivity index (χ1v) is 8.60. The van der Waals surface area contributed by atoms with Crippen molar-refractivity contribution in [3.63, 3.8) is 0 Å². The van der Waals surface area contributed by atoms with E-state index in [9.17, 15) is 8.42 Å². The van der Waals surface area contributed by atoms with Gasteiger partial charge in [0.25, 0.3) is 0 Å². The lowest BCUT2D eigenvalue weighted by molar-refractivity contribution is 0.173. The van der Waals surface area contributed by atoms with Crippen LogP contribution in [0.25, 0.3) is 0 Å². The third-order valence-electron chi connectivity index (χ3n) is 2.57. The molecule has 0 saturated heterocycles. The fraction of sp³-hybridized carbons (Fsp3) is 1.00. The summed E-state index contributed by atoms with van der Waals surface area (Å²) >= 11 is 1.65. The van der Waals surface area contributed by atoms with Gasteiger partial charge in [-0.3, -0.25) is 0 Å². The molecule has 0 aromatic rings. The van der Waals surface area contributed by atoms with Crippen molar-refractivity contribution in [1.82, 2.24) is 5.32 Å². The van der Waals surface area contributed by atoms with Crippen molar-refractivity contribution in [2.45, 2.75) is 25.3 Å². The lowest BCUT2D eigenvalue weighted by Crippen LogP contribution is -2.43. The Morgan fingerprint density at radius 2 is 2.00 bits per heavy atom. The van der Waals surface area contributed by atoms with E-state index < -0.39 is 9.84 Å². The first-order chi connectivity index (χ1) is 7.33. The first kappa shape index (κ1) is 16.2. The number of aliphatic hydroxyl groups is 1. The van der Waals surface area contributed by atoms with E-state index >= 15 is 0 Å². The molecule has 0 radical (unpaired) electrons. The van der Waals surface area contributed by atoms with Gasteiger partial charge < -0.3 is 10.4 Å². The van der Waals surface area contributed by atoms with Gasteiger partial charge in [-0.1, -0.05) is 0 Å². The van der Waals surface area contributed by atoms with Gasteiger partial charge in [-0.2, -0.15) is 11.8 Å². The number of sulfone groups is 1. The Bertz CT molecular complexity index is 274. The third kappa shape index (κ3) is 8.38. The van der Waals surface area contributed by atoms with Crippen LogP contribution < -0.4 is 5.32 Å². The fourth-order valence-electron chi connectivity index (χ4n) is 1.16. The summed E-state index contributed by atoms with van der Waals surface area (Å²) in [4.78, 5) is 0. The lowest BCUT2D eigenvalue weighted by Gasteiger charge is -2.26. The monoisotopic (exact) mass is 269 g/mol. The van der Waals surface area contributed by atoms with E-state index in [1.54, 1.807) is 11.8 Å². The summed E-state index contributed by atoms with van der Waals surface area (Å²) in [5, 5.41) is 12.2. The molecule has 0 aromatic heterocycles. The summed E-state index contributed by atoms with van der Waals surface area (Å²) in [7, 11) is -0.982. The molecule has 2 N–H and O–H groups in total. The molecule has 0 saturated carbocycles.